The Morgan fingerprint density at radius 3 is 3.29 bits per heavy atom. The van der Waals surface area contributed by atoms with Crippen molar-refractivity contribution in [2.75, 3.05) is 6.54 Å². The van der Waals surface area contributed by atoms with E-state index in [1.54, 1.807) is 6.20 Å². The molecule has 2 fully saturated rings. The van der Waals surface area contributed by atoms with Crippen molar-refractivity contribution in [3.8, 4) is 0 Å². The SMILES string of the molecule is O=C1C(Cn2cccn2)C2CCCN12. The van der Waals surface area contributed by atoms with E-state index in [1.165, 1.54) is 12.8 Å². The van der Waals surface area contributed by atoms with Crippen LogP contribution in [0.15, 0.2) is 18.5 Å². The quantitative estimate of drug-likeness (QED) is 0.639. The number of rotatable bonds is 2. The van der Waals surface area contributed by atoms with Crippen molar-refractivity contribution in [1.82, 2.24) is 14.7 Å². The lowest BCUT2D eigenvalue weighted by Crippen LogP contribution is -2.58. The maximum absolute atomic E-state index is 11.7. The van der Waals surface area contributed by atoms with E-state index in [4.69, 9.17) is 0 Å². The van der Waals surface area contributed by atoms with Crippen LogP contribution in [0.25, 0.3) is 0 Å². The van der Waals surface area contributed by atoms with E-state index < -0.39 is 0 Å². The van der Waals surface area contributed by atoms with Gasteiger partial charge in [-0.25, -0.2) is 0 Å². The van der Waals surface area contributed by atoms with Gasteiger partial charge in [0, 0.05) is 25.0 Å². The molecule has 0 aliphatic carbocycles. The first kappa shape index (κ1) is 8.03. The molecular formula is C10H13N3O. The van der Waals surface area contributed by atoms with Crippen molar-refractivity contribution in [3.63, 3.8) is 0 Å². The first-order valence-electron chi connectivity index (χ1n) is 5.14. The van der Waals surface area contributed by atoms with Crippen LogP contribution in [0, 0.1) is 5.92 Å². The van der Waals surface area contributed by atoms with Gasteiger partial charge in [0.05, 0.1) is 12.5 Å². The van der Waals surface area contributed by atoms with Gasteiger partial charge in [-0.2, -0.15) is 5.10 Å². The Balaban J connectivity index is 1.72. The third-order valence-corrected chi connectivity index (χ3v) is 3.31. The fourth-order valence-electron chi connectivity index (χ4n) is 2.59. The van der Waals surface area contributed by atoms with Crippen LogP contribution in [-0.4, -0.2) is 33.2 Å². The molecule has 4 nitrogen and oxygen atoms in total. The van der Waals surface area contributed by atoms with Crippen LogP contribution in [0.5, 0.6) is 0 Å². The van der Waals surface area contributed by atoms with Gasteiger partial charge in [-0.1, -0.05) is 0 Å². The van der Waals surface area contributed by atoms with Crippen LogP contribution in [0.1, 0.15) is 12.8 Å². The number of amides is 1. The fourth-order valence-corrected chi connectivity index (χ4v) is 2.59. The molecule has 74 valence electrons. The summed E-state index contributed by atoms with van der Waals surface area (Å²) in [5.74, 6) is 0.514. The zero-order valence-corrected chi connectivity index (χ0v) is 7.97. The van der Waals surface area contributed by atoms with Gasteiger partial charge in [0.1, 0.15) is 0 Å². The monoisotopic (exact) mass is 191 g/mol. The Morgan fingerprint density at radius 2 is 2.50 bits per heavy atom. The molecule has 1 amide bonds. The molecule has 2 saturated heterocycles. The summed E-state index contributed by atoms with van der Waals surface area (Å²) in [6.07, 6.45) is 6.03. The minimum absolute atomic E-state index is 0.192. The van der Waals surface area contributed by atoms with Crippen LogP contribution < -0.4 is 0 Å². The molecule has 4 heteroatoms. The number of fused-ring (bicyclic) bond motifs is 1. The smallest absolute Gasteiger partial charge is 0.229 e. The maximum atomic E-state index is 11.7. The van der Waals surface area contributed by atoms with Crippen LogP contribution in [-0.2, 0) is 11.3 Å². The van der Waals surface area contributed by atoms with Gasteiger partial charge in [0.15, 0.2) is 0 Å². The number of β-lactam (4-membered cyclic amide) rings is 1. The minimum Gasteiger partial charge on any atom is -0.338 e. The van der Waals surface area contributed by atoms with Gasteiger partial charge in [0.25, 0.3) is 0 Å². The third kappa shape index (κ3) is 0.997. The molecule has 3 rings (SSSR count). The minimum atomic E-state index is 0.192. The number of carbonyl (C=O) groups is 1. The highest BCUT2D eigenvalue weighted by atomic mass is 16.2. The Labute approximate surface area is 82.5 Å². The molecular weight excluding hydrogens is 178 g/mol. The second kappa shape index (κ2) is 2.83. The van der Waals surface area contributed by atoms with Gasteiger partial charge >= 0.3 is 0 Å². The Kier molecular flexibility index (Phi) is 1.63. The molecule has 0 saturated carbocycles. The average molecular weight is 191 g/mol. The molecule has 2 atom stereocenters. The van der Waals surface area contributed by atoms with E-state index in [2.05, 4.69) is 5.10 Å². The number of hydrogen-bond acceptors (Lipinski definition) is 2. The Bertz CT molecular complexity index is 346. The summed E-state index contributed by atoms with van der Waals surface area (Å²) in [6.45, 7) is 1.73. The van der Waals surface area contributed by atoms with E-state index in [0.29, 0.717) is 11.9 Å². The van der Waals surface area contributed by atoms with Gasteiger partial charge in [-0.05, 0) is 18.9 Å². The van der Waals surface area contributed by atoms with E-state index in [-0.39, 0.29) is 5.92 Å². The van der Waals surface area contributed by atoms with Crippen LogP contribution in [0.4, 0.5) is 0 Å². The lowest BCUT2D eigenvalue weighted by atomic mass is 9.88. The second-order valence-electron chi connectivity index (χ2n) is 4.08. The molecule has 0 bridgehead atoms. The summed E-state index contributed by atoms with van der Waals surface area (Å²) in [6, 6.07) is 2.40. The predicted molar refractivity (Wildman–Crippen MR) is 50.5 cm³/mol. The lowest BCUT2D eigenvalue weighted by Gasteiger charge is -2.42. The largest absolute Gasteiger partial charge is 0.338 e. The van der Waals surface area contributed by atoms with Crippen molar-refractivity contribution in [3.05, 3.63) is 18.5 Å². The molecule has 3 heterocycles. The summed E-state index contributed by atoms with van der Waals surface area (Å²) < 4.78 is 1.86. The highest BCUT2D eigenvalue weighted by Gasteiger charge is 2.49. The normalized spacial score (nSPS) is 30.3. The Morgan fingerprint density at radius 1 is 1.57 bits per heavy atom. The molecule has 2 unspecified atom stereocenters. The second-order valence-corrected chi connectivity index (χ2v) is 4.08. The Hall–Kier alpha value is -1.32. The fraction of sp³-hybridized carbons (Fsp3) is 0.600. The van der Waals surface area contributed by atoms with E-state index in [0.717, 1.165) is 13.1 Å². The molecule has 2 aliphatic rings. The topological polar surface area (TPSA) is 38.1 Å². The van der Waals surface area contributed by atoms with Crippen molar-refractivity contribution in [2.45, 2.75) is 25.4 Å². The van der Waals surface area contributed by atoms with Gasteiger partial charge in [-0.3, -0.25) is 9.48 Å². The molecule has 0 radical (unpaired) electrons. The summed E-state index contributed by atoms with van der Waals surface area (Å²) in [5.41, 5.74) is 0. The van der Waals surface area contributed by atoms with Crippen LogP contribution in [0.3, 0.4) is 0 Å². The summed E-state index contributed by atoms with van der Waals surface area (Å²) in [4.78, 5) is 13.7. The molecule has 0 aromatic carbocycles. The molecule has 1 aromatic heterocycles. The first-order valence-corrected chi connectivity index (χ1v) is 5.14. The lowest BCUT2D eigenvalue weighted by molar-refractivity contribution is -0.153. The summed E-state index contributed by atoms with van der Waals surface area (Å²) in [7, 11) is 0. The van der Waals surface area contributed by atoms with E-state index >= 15 is 0 Å². The molecule has 0 spiro atoms. The van der Waals surface area contributed by atoms with Crippen molar-refractivity contribution < 1.29 is 4.79 Å². The highest BCUT2D eigenvalue weighted by Crippen LogP contribution is 2.36. The molecule has 2 aliphatic heterocycles. The van der Waals surface area contributed by atoms with Gasteiger partial charge < -0.3 is 4.90 Å². The summed E-state index contributed by atoms with van der Waals surface area (Å²) >= 11 is 0. The van der Waals surface area contributed by atoms with Crippen LogP contribution in [0.2, 0.25) is 0 Å². The van der Waals surface area contributed by atoms with Crippen molar-refractivity contribution in [1.29, 1.82) is 0 Å². The van der Waals surface area contributed by atoms with Gasteiger partial charge in [0.2, 0.25) is 5.91 Å². The van der Waals surface area contributed by atoms with Gasteiger partial charge in [-0.15, -0.1) is 0 Å². The zero-order chi connectivity index (χ0) is 9.54. The molecule has 0 N–H and O–H groups in total. The molecule has 14 heavy (non-hydrogen) atoms. The van der Waals surface area contributed by atoms with E-state index in [1.807, 2.05) is 21.8 Å². The van der Waals surface area contributed by atoms with E-state index in [9.17, 15) is 4.79 Å². The number of carbonyl (C=O) groups excluding carboxylic acids is 1. The number of aromatic nitrogens is 2. The standard InChI is InChI=1S/C10H13N3O/c14-10-8(7-12-5-2-4-11-12)9-3-1-6-13(9)10/h2,4-5,8-9H,1,3,6-7H2. The molecule has 1 aromatic rings. The summed E-state index contributed by atoms with van der Waals surface area (Å²) in [5, 5.41) is 4.13. The number of hydrogen-bond donors (Lipinski definition) is 0. The number of nitrogens with zero attached hydrogens (tertiary/aromatic N) is 3. The van der Waals surface area contributed by atoms with Crippen molar-refractivity contribution >= 4 is 5.91 Å². The maximum Gasteiger partial charge on any atom is 0.229 e. The van der Waals surface area contributed by atoms with Crippen LogP contribution >= 0.6 is 0 Å². The average Bonchev–Trinajstić information content (AvgIpc) is 2.83. The highest BCUT2D eigenvalue weighted by molar-refractivity contribution is 5.86. The third-order valence-electron chi connectivity index (χ3n) is 3.31. The first-order chi connectivity index (χ1) is 6.86. The van der Waals surface area contributed by atoms with Crippen molar-refractivity contribution in [2.24, 2.45) is 5.92 Å². The predicted octanol–water partition coefficient (Wildman–Crippen LogP) is 0.504. The zero-order valence-electron chi connectivity index (χ0n) is 7.97.